The number of nitrogens with one attached hydrogen (secondary N) is 1. The molecule has 2 heterocycles. The van der Waals surface area contributed by atoms with Gasteiger partial charge in [0.15, 0.2) is 4.91 Å². The monoisotopic (exact) mass is 406 g/mol. The molecule has 27 heavy (non-hydrogen) atoms. The van der Waals surface area contributed by atoms with Gasteiger partial charge in [0.2, 0.25) is 5.78 Å². The van der Waals surface area contributed by atoms with E-state index in [9.17, 15) is 17.6 Å². The lowest BCUT2D eigenvalue weighted by Crippen LogP contribution is -2.39. The van der Waals surface area contributed by atoms with E-state index in [1.165, 1.54) is 34.0 Å². The Morgan fingerprint density at radius 1 is 1.26 bits per heavy atom. The first-order chi connectivity index (χ1) is 13.0. The van der Waals surface area contributed by atoms with Crippen molar-refractivity contribution in [1.29, 1.82) is 0 Å². The molecule has 0 amide bonds. The molecular formula is C19H19FN2O3S2. The SMILES string of the molecule is O=C1C(=CNC2CCCC2)S(=O)(=O)N(Cc2cccc(F)c2)c2ccsc21. The van der Waals surface area contributed by atoms with Crippen LogP contribution in [0, 0.1) is 5.82 Å². The fourth-order valence-corrected chi connectivity index (χ4v) is 6.04. The summed E-state index contributed by atoms with van der Waals surface area (Å²) in [7, 11) is -4.03. The third-order valence-electron chi connectivity index (χ3n) is 4.93. The van der Waals surface area contributed by atoms with Crippen LogP contribution in [0.3, 0.4) is 0 Å². The van der Waals surface area contributed by atoms with Crippen molar-refractivity contribution in [3.8, 4) is 0 Å². The standard InChI is InChI=1S/C19H19FN2O3S2/c20-14-5-3-4-13(10-14)12-22-16-8-9-26-19(16)18(23)17(27(22,24)25)11-21-15-6-1-2-7-15/h3-5,8-11,15,21H,1-2,6-7,12H2. The lowest BCUT2D eigenvalue weighted by molar-refractivity contribution is 0.104. The largest absolute Gasteiger partial charge is 0.387 e. The predicted octanol–water partition coefficient (Wildman–Crippen LogP) is 3.79. The first-order valence-corrected chi connectivity index (χ1v) is 11.1. The number of carbonyl (C=O) groups is 1. The molecule has 2 aliphatic rings. The molecule has 4 rings (SSSR count). The van der Waals surface area contributed by atoms with Crippen LogP contribution in [0.25, 0.3) is 0 Å². The zero-order valence-corrected chi connectivity index (χ0v) is 16.2. The Morgan fingerprint density at radius 3 is 2.78 bits per heavy atom. The first kappa shape index (κ1) is 18.2. The zero-order chi connectivity index (χ0) is 19.0. The van der Waals surface area contributed by atoms with E-state index < -0.39 is 21.6 Å². The number of fused-ring (bicyclic) bond motifs is 1. The number of sulfonamides is 1. The lowest BCUT2D eigenvalue weighted by atomic mass is 10.2. The van der Waals surface area contributed by atoms with Crippen molar-refractivity contribution in [2.24, 2.45) is 0 Å². The number of thiophene rings is 1. The molecule has 1 aliphatic heterocycles. The van der Waals surface area contributed by atoms with Crippen molar-refractivity contribution in [3.63, 3.8) is 0 Å². The van der Waals surface area contributed by atoms with Gasteiger partial charge in [-0.25, -0.2) is 12.8 Å². The number of halogens is 1. The van der Waals surface area contributed by atoms with Crippen LogP contribution >= 0.6 is 11.3 Å². The molecule has 0 radical (unpaired) electrons. The maximum absolute atomic E-state index is 13.5. The number of anilines is 1. The van der Waals surface area contributed by atoms with Crippen LogP contribution in [0.15, 0.2) is 46.8 Å². The second-order valence-corrected chi connectivity index (χ2v) is 9.51. The van der Waals surface area contributed by atoms with Crippen LogP contribution in [0.1, 0.15) is 40.9 Å². The molecule has 1 fully saturated rings. The number of benzene rings is 1. The summed E-state index contributed by atoms with van der Waals surface area (Å²) in [5, 5.41) is 4.81. The highest BCUT2D eigenvalue weighted by molar-refractivity contribution is 7.97. The fourth-order valence-electron chi connectivity index (χ4n) is 3.54. The number of carbonyl (C=O) groups excluding carboxylic acids is 1. The number of ketones is 1. The van der Waals surface area contributed by atoms with Gasteiger partial charge >= 0.3 is 0 Å². The molecular weight excluding hydrogens is 387 g/mol. The quantitative estimate of drug-likeness (QED) is 0.785. The fraction of sp³-hybridized carbons (Fsp3) is 0.316. The maximum atomic E-state index is 13.5. The second kappa shape index (κ2) is 7.09. The van der Waals surface area contributed by atoms with Gasteiger partial charge in [-0.2, -0.15) is 0 Å². The van der Waals surface area contributed by atoms with Gasteiger partial charge in [-0.1, -0.05) is 25.0 Å². The minimum absolute atomic E-state index is 0.0299. The van der Waals surface area contributed by atoms with E-state index in [4.69, 9.17) is 0 Å². The number of Topliss-reactive ketones (excluding diaryl/α,β-unsaturated/α-hetero) is 1. The van der Waals surface area contributed by atoms with Crippen molar-refractivity contribution in [3.05, 3.63) is 63.1 Å². The van der Waals surface area contributed by atoms with Crippen molar-refractivity contribution >= 4 is 32.8 Å². The third kappa shape index (κ3) is 3.39. The number of hydrogen-bond donors (Lipinski definition) is 1. The van der Waals surface area contributed by atoms with Crippen LogP contribution in [0.5, 0.6) is 0 Å². The van der Waals surface area contributed by atoms with Gasteiger partial charge in [0.1, 0.15) is 10.7 Å². The number of allylic oxidation sites excluding steroid dienone is 1. The number of rotatable bonds is 4. The molecule has 8 heteroatoms. The van der Waals surface area contributed by atoms with Crippen molar-refractivity contribution in [2.75, 3.05) is 4.31 Å². The van der Waals surface area contributed by atoms with Gasteiger partial charge in [-0.05, 0) is 42.0 Å². The Balaban J connectivity index is 1.72. The third-order valence-corrected chi connectivity index (χ3v) is 7.60. The number of hydrogen-bond acceptors (Lipinski definition) is 5. The molecule has 0 spiro atoms. The highest BCUT2D eigenvalue weighted by Crippen LogP contribution is 2.39. The van der Waals surface area contributed by atoms with E-state index >= 15 is 0 Å². The molecule has 1 saturated carbocycles. The highest BCUT2D eigenvalue weighted by Gasteiger charge is 2.41. The minimum atomic E-state index is -4.03. The van der Waals surface area contributed by atoms with Gasteiger partial charge < -0.3 is 5.32 Å². The minimum Gasteiger partial charge on any atom is -0.387 e. The molecule has 1 aromatic carbocycles. The van der Waals surface area contributed by atoms with E-state index in [0.29, 0.717) is 16.1 Å². The average Bonchev–Trinajstić information content (AvgIpc) is 3.30. The van der Waals surface area contributed by atoms with Gasteiger partial charge in [0, 0.05) is 12.2 Å². The van der Waals surface area contributed by atoms with E-state index in [1.807, 2.05) is 0 Å². The number of nitrogens with zero attached hydrogens (tertiary/aromatic N) is 1. The molecule has 0 unspecified atom stereocenters. The van der Waals surface area contributed by atoms with Gasteiger partial charge in [0.25, 0.3) is 10.0 Å². The van der Waals surface area contributed by atoms with E-state index in [2.05, 4.69) is 5.32 Å². The summed E-state index contributed by atoms with van der Waals surface area (Å²) in [6.45, 7) is -0.0299. The molecule has 1 aromatic heterocycles. The normalized spacial score (nSPS) is 20.9. The topological polar surface area (TPSA) is 66.5 Å². The maximum Gasteiger partial charge on any atom is 0.270 e. The molecule has 0 bridgehead atoms. The van der Waals surface area contributed by atoms with Crippen LogP contribution in [0.4, 0.5) is 10.1 Å². The van der Waals surface area contributed by atoms with E-state index in [-0.39, 0.29) is 17.5 Å². The summed E-state index contributed by atoms with van der Waals surface area (Å²) < 4.78 is 41.1. The van der Waals surface area contributed by atoms with Gasteiger partial charge in [0.05, 0.1) is 12.2 Å². The summed E-state index contributed by atoms with van der Waals surface area (Å²) in [5.41, 5.74) is 0.875. The molecule has 0 atom stereocenters. The molecule has 1 aliphatic carbocycles. The summed E-state index contributed by atoms with van der Waals surface area (Å²) in [4.78, 5) is 12.9. The van der Waals surface area contributed by atoms with Gasteiger partial charge in [-0.15, -0.1) is 11.3 Å². The Morgan fingerprint density at radius 2 is 2.04 bits per heavy atom. The highest BCUT2D eigenvalue weighted by atomic mass is 32.2. The Labute approximate surface area is 161 Å². The van der Waals surface area contributed by atoms with Crippen LogP contribution in [-0.4, -0.2) is 20.2 Å². The Bertz CT molecular complexity index is 1010. The predicted molar refractivity (Wildman–Crippen MR) is 104 cm³/mol. The smallest absolute Gasteiger partial charge is 0.270 e. The Hall–Kier alpha value is -2.19. The summed E-state index contributed by atoms with van der Waals surface area (Å²) in [6.07, 6.45) is 5.49. The van der Waals surface area contributed by atoms with Gasteiger partial charge in [-0.3, -0.25) is 9.10 Å². The molecule has 1 N–H and O–H groups in total. The average molecular weight is 407 g/mol. The van der Waals surface area contributed by atoms with Crippen LogP contribution < -0.4 is 9.62 Å². The van der Waals surface area contributed by atoms with Crippen molar-refractivity contribution < 1.29 is 17.6 Å². The summed E-state index contributed by atoms with van der Waals surface area (Å²) >= 11 is 1.22. The van der Waals surface area contributed by atoms with Crippen molar-refractivity contribution in [1.82, 2.24) is 5.32 Å². The Kier molecular flexibility index (Phi) is 4.77. The summed E-state index contributed by atoms with van der Waals surface area (Å²) in [6, 6.07) is 7.64. The molecule has 0 saturated heterocycles. The molecule has 5 nitrogen and oxygen atoms in total. The van der Waals surface area contributed by atoms with Crippen molar-refractivity contribution in [2.45, 2.75) is 38.3 Å². The first-order valence-electron chi connectivity index (χ1n) is 8.82. The second-order valence-electron chi connectivity index (χ2n) is 6.76. The van der Waals surface area contributed by atoms with Crippen LogP contribution in [-0.2, 0) is 16.6 Å². The molecule has 2 aromatic rings. The lowest BCUT2D eigenvalue weighted by Gasteiger charge is -2.29. The van der Waals surface area contributed by atoms with E-state index in [1.54, 1.807) is 23.6 Å². The van der Waals surface area contributed by atoms with E-state index in [0.717, 1.165) is 25.7 Å². The van der Waals surface area contributed by atoms with Crippen LogP contribution in [0.2, 0.25) is 0 Å². The summed E-state index contributed by atoms with van der Waals surface area (Å²) in [5.74, 6) is -0.914. The molecule has 142 valence electrons. The zero-order valence-electron chi connectivity index (χ0n) is 14.5.